The summed E-state index contributed by atoms with van der Waals surface area (Å²) in [5.74, 6) is 9.06. The van der Waals surface area contributed by atoms with Gasteiger partial charge in [0.2, 0.25) is 0 Å². The zero-order valence-corrected chi connectivity index (χ0v) is 85.4. The first-order valence-corrected chi connectivity index (χ1v) is 43.1. The van der Waals surface area contributed by atoms with Gasteiger partial charge in [-0.05, 0) is 520 Å². The van der Waals surface area contributed by atoms with Gasteiger partial charge in [0.25, 0.3) is 0 Å². The lowest BCUT2D eigenvalue weighted by Gasteiger charge is -2.13. The molecule has 0 saturated heterocycles. The maximum Gasteiger partial charge on any atom is 0.154 e. The Balaban J connectivity index is 0.000000636. The van der Waals surface area contributed by atoms with E-state index in [1.807, 2.05) is 97.1 Å². The number of aromatic hydroxyl groups is 5. The summed E-state index contributed by atoms with van der Waals surface area (Å²) in [4.78, 5) is 0. The van der Waals surface area contributed by atoms with Gasteiger partial charge in [-0.25, -0.2) is 0 Å². The standard InChI is InChI=1S/C14H11I4NO2.C14H12I3NO2.3C14H13I2NO2.5ClH/c15-9-5-8(6-10(16)13(9)20)21-14-11(17)3-7(1-2-19)4-12(14)18;15-10-5-8(3-4-18)1-2-13(10)20-9-6-11(16)14(19)12(17)7-9;2*15-11-8-10(2-3-13(11)18)19-14-4-1-9(5-6-17)7-12(14)16;15-12-7-11(8-13(16)14(12)18)19-10-3-1-9(2-4-10)5-6-17;;;;;/h3-6,20H,1-2,19H2;1-2,5-7,19H,3-4,18H2;3*1-4,7-8,18H,5-6,17H2;5*1H. The lowest BCUT2D eigenvalue weighted by atomic mass is 10.1. The molecule has 15 N–H and O–H groups in total. The van der Waals surface area contributed by atoms with Crippen LogP contribution in [0.5, 0.6) is 86.2 Å². The van der Waals surface area contributed by atoms with Crippen molar-refractivity contribution < 1.29 is 49.2 Å². The molecule has 0 aliphatic heterocycles. The monoisotopic (exact) mass is 2960 g/mol. The van der Waals surface area contributed by atoms with Crippen molar-refractivity contribution in [3.05, 3.63) is 238 Å². The fraction of sp³-hybridized carbons (Fsp3) is 0.143. The summed E-state index contributed by atoms with van der Waals surface area (Å²) in [5, 5.41) is 48.3. The van der Waals surface area contributed by atoms with E-state index in [4.69, 9.17) is 52.4 Å². The van der Waals surface area contributed by atoms with Gasteiger partial charge in [0.1, 0.15) is 80.5 Å². The fourth-order valence-electron chi connectivity index (χ4n) is 8.30. The highest BCUT2D eigenvalue weighted by Gasteiger charge is 2.16. The minimum Gasteiger partial charge on any atom is -0.507 e. The van der Waals surface area contributed by atoms with Crippen molar-refractivity contribution in [2.45, 2.75) is 32.1 Å². The summed E-state index contributed by atoms with van der Waals surface area (Å²) < 4.78 is 40.8. The summed E-state index contributed by atoms with van der Waals surface area (Å²) in [5.41, 5.74) is 33.8. The highest BCUT2D eigenvalue weighted by atomic mass is 127. The number of nitrogens with two attached hydrogens (primary N) is 5. The molecule has 0 fully saturated rings. The number of ether oxygens (including phenoxy) is 5. The lowest BCUT2D eigenvalue weighted by molar-refractivity contribution is 0.455. The minimum atomic E-state index is 0. The van der Waals surface area contributed by atoms with Gasteiger partial charge in [-0.2, -0.15) is 0 Å². The third-order valence-corrected chi connectivity index (χ3v) is 23.9. The Hall–Kier alpha value is 0.940. The second-order valence-electron chi connectivity index (χ2n) is 20.5. The quantitative estimate of drug-likeness (QED) is 0.0318. The largest absolute Gasteiger partial charge is 0.507 e. The van der Waals surface area contributed by atoms with Crippen LogP contribution < -0.4 is 52.4 Å². The molecule has 0 aliphatic rings. The molecule has 0 aromatic heterocycles. The van der Waals surface area contributed by atoms with Gasteiger partial charge < -0.3 is 77.9 Å². The summed E-state index contributed by atoms with van der Waals surface area (Å²) in [6.45, 7) is 3.22. The zero-order valence-electron chi connectivity index (χ0n) is 53.3. The molecule has 0 amide bonds. The molecule has 10 rings (SSSR count). The van der Waals surface area contributed by atoms with E-state index in [2.05, 4.69) is 324 Å². The molecule has 0 heterocycles. The SMILES string of the molecule is Cl.Cl.Cl.Cl.Cl.NCCc1cc(I)c(Oc2cc(I)c(O)c(I)c2)c(I)c1.NCCc1ccc(Oc2cc(I)c(O)c(I)c2)c(I)c1.NCCc1ccc(Oc2cc(I)c(O)c(I)c2)cc1.NCCc1ccc(Oc2ccc(O)c(I)c2)c(I)c1.NCCc1ccc(Oc2ccc(O)c(I)c2)c(I)c1. The molecule has 0 unspecified atom stereocenters. The number of phenolic OH excluding ortho intramolecular Hbond substituents is 5. The number of phenols is 5. The molecule has 558 valence electrons. The van der Waals surface area contributed by atoms with Gasteiger partial charge in [-0.1, -0.05) is 30.3 Å². The maximum absolute atomic E-state index is 9.82. The van der Waals surface area contributed by atoms with Crippen LogP contribution in [-0.2, 0) is 32.1 Å². The molecular formula is C70H67Cl5I13N5O10. The molecule has 0 radical (unpaired) electrons. The molecule has 0 saturated carbocycles. The number of hydrogen-bond acceptors (Lipinski definition) is 15. The summed E-state index contributed by atoms with van der Waals surface area (Å²) in [6, 6.07) is 51.6. The molecule has 15 nitrogen and oxygen atoms in total. The Morgan fingerprint density at radius 1 is 0.223 bits per heavy atom. The predicted molar refractivity (Wildman–Crippen MR) is 538 cm³/mol. The predicted octanol–water partition coefficient (Wildman–Crippen LogP) is 23.4. The van der Waals surface area contributed by atoms with Crippen molar-refractivity contribution in [1.29, 1.82) is 0 Å². The number of halogens is 18. The first kappa shape index (κ1) is 102. The summed E-state index contributed by atoms with van der Waals surface area (Å²) >= 11 is 28.0. The normalized spacial score (nSPS) is 10.0. The van der Waals surface area contributed by atoms with Crippen LogP contribution in [0.15, 0.2) is 164 Å². The second-order valence-corrected chi connectivity index (χ2v) is 35.6. The third kappa shape index (κ3) is 34.3. The molecule has 10 aromatic rings. The molecule has 0 aliphatic carbocycles. The van der Waals surface area contributed by atoms with E-state index >= 15 is 0 Å². The smallest absolute Gasteiger partial charge is 0.154 e. The Kier molecular flexibility index (Phi) is 52.6. The van der Waals surface area contributed by atoms with Crippen molar-refractivity contribution in [3.63, 3.8) is 0 Å². The van der Waals surface area contributed by atoms with Gasteiger partial charge in [-0.15, -0.1) is 62.0 Å². The van der Waals surface area contributed by atoms with Crippen LogP contribution in [0.1, 0.15) is 27.8 Å². The molecule has 0 spiro atoms. The fourth-order valence-corrected chi connectivity index (χ4v) is 18.6. The maximum atomic E-state index is 9.82. The number of benzene rings is 10. The molecule has 0 atom stereocenters. The topological polar surface area (TPSA) is 277 Å². The third-order valence-electron chi connectivity index (χ3n) is 13.1. The first-order chi connectivity index (χ1) is 46.7. The van der Waals surface area contributed by atoms with Crippen LogP contribution in [-0.4, -0.2) is 58.3 Å². The van der Waals surface area contributed by atoms with Crippen molar-refractivity contribution in [1.82, 2.24) is 0 Å². The minimum absolute atomic E-state index is 0. The summed E-state index contributed by atoms with van der Waals surface area (Å²) in [6.07, 6.45) is 4.34. The van der Waals surface area contributed by atoms with Crippen LogP contribution in [0.25, 0.3) is 0 Å². The zero-order chi connectivity index (χ0) is 71.8. The molecular weight excluding hydrogens is 2900 g/mol. The number of hydrogen-bond donors (Lipinski definition) is 10. The number of rotatable bonds is 20. The van der Waals surface area contributed by atoms with Gasteiger partial charge in [0.05, 0.1) is 46.4 Å². The van der Waals surface area contributed by atoms with Gasteiger partial charge >= 0.3 is 0 Å². The van der Waals surface area contributed by atoms with E-state index in [1.165, 1.54) is 27.8 Å². The van der Waals surface area contributed by atoms with E-state index < -0.39 is 0 Å². The molecule has 103 heavy (non-hydrogen) atoms. The van der Waals surface area contributed by atoms with Gasteiger partial charge in [0, 0.05) is 0 Å². The Labute approximate surface area is 808 Å². The van der Waals surface area contributed by atoms with Crippen LogP contribution in [0.3, 0.4) is 0 Å². The first-order valence-electron chi connectivity index (χ1n) is 29.1. The molecule has 33 heteroatoms. The second kappa shape index (κ2) is 53.1. The van der Waals surface area contributed by atoms with E-state index in [9.17, 15) is 25.5 Å². The van der Waals surface area contributed by atoms with Gasteiger partial charge in [-0.3, -0.25) is 0 Å². The highest BCUT2D eigenvalue weighted by Crippen LogP contribution is 2.40. The average molecular weight is 2970 g/mol. The van der Waals surface area contributed by atoms with Crippen LogP contribution in [0, 0.1) is 46.4 Å². The van der Waals surface area contributed by atoms with Crippen molar-refractivity contribution >= 4 is 356 Å². The highest BCUT2D eigenvalue weighted by molar-refractivity contribution is 14.1. The Morgan fingerprint density at radius 3 is 0.767 bits per heavy atom. The van der Waals surface area contributed by atoms with Crippen LogP contribution >= 0.6 is 356 Å². The Bertz CT molecular complexity index is 4150. The average Bonchev–Trinajstić information content (AvgIpc) is 0.830. The van der Waals surface area contributed by atoms with Crippen LogP contribution in [0.4, 0.5) is 0 Å². The molecule has 10 aromatic carbocycles. The Morgan fingerprint density at radius 2 is 0.466 bits per heavy atom. The van der Waals surface area contributed by atoms with E-state index in [1.54, 1.807) is 36.4 Å². The van der Waals surface area contributed by atoms with Crippen molar-refractivity contribution in [3.8, 4) is 86.2 Å². The van der Waals surface area contributed by atoms with E-state index in [0.717, 1.165) is 125 Å². The van der Waals surface area contributed by atoms with E-state index in [0.29, 0.717) is 61.5 Å². The van der Waals surface area contributed by atoms with Crippen molar-refractivity contribution in [2.75, 3.05) is 32.7 Å². The summed E-state index contributed by atoms with van der Waals surface area (Å²) in [7, 11) is 0. The van der Waals surface area contributed by atoms with Crippen LogP contribution in [0.2, 0.25) is 0 Å². The van der Waals surface area contributed by atoms with Crippen molar-refractivity contribution in [2.24, 2.45) is 28.7 Å². The van der Waals surface area contributed by atoms with Gasteiger partial charge in [0.15, 0.2) is 5.75 Å². The van der Waals surface area contributed by atoms with E-state index in [-0.39, 0.29) is 73.5 Å². The lowest BCUT2D eigenvalue weighted by Crippen LogP contribution is -2.04. The molecule has 0 bridgehead atoms.